The molecule has 0 rings (SSSR count). The van der Waals surface area contributed by atoms with E-state index in [1.807, 2.05) is 0 Å². The van der Waals surface area contributed by atoms with Crippen LogP contribution < -0.4 is 0 Å². The highest BCUT2D eigenvalue weighted by atomic mass is 35.5. The number of allylic oxidation sites excluding steroid dienone is 1. The number of hydrogen-bond acceptors (Lipinski definition) is 4. The molecule has 0 aliphatic rings. The van der Waals surface area contributed by atoms with Gasteiger partial charge < -0.3 is 9.47 Å². The van der Waals surface area contributed by atoms with Crippen molar-refractivity contribution in [3.05, 3.63) is 11.6 Å². The first-order valence-electron chi connectivity index (χ1n) is 5.55. The van der Waals surface area contributed by atoms with E-state index in [1.54, 1.807) is 13.8 Å². The Kier molecular flexibility index (Phi) is 7.14. The highest BCUT2D eigenvalue weighted by Crippen LogP contribution is 2.34. The predicted molar refractivity (Wildman–Crippen MR) is 68.8 cm³/mol. The number of ether oxygens (including phenoxy) is 2. The van der Waals surface area contributed by atoms with Gasteiger partial charge in [0.05, 0.1) is 13.2 Å². The standard InChI is InChI=1S/C13H17ClO4/c1-5-8-13(9-10(4)14,11(15)17-6-2)12(16)18-7-3/h1H,4,6-9H2,2-3H3. The Morgan fingerprint density at radius 2 is 1.72 bits per heavy atom. The Labute approximate surface area is 112 Å². The average Bonchev–Trinajstić information content (AvgIpc) is 2.28. The van der Waals surface area contributed by atoms with Crippen LogP contribution in [0.2, 0.25) is 0 Å². The fourth-order valence-corrected chi connectivity index (χ4v) is 1.70. The maximum absolute atomic E-state index is 12.0. The third-order valence-electron chi connectivity index (χ3n) is 2.23. The van der Waals surface area contributed by atoms with E-state index in [9.17, 15) is 9.59 Å². The summed E-state index contributed by atoms with van der Waals surface area (Å²) in [7, 11) is 0. The van der Waals surface area contributed by atoms with Gasteiger partial charge in [-0.1, -0.05) is 18.2 Å². The van der Waals surface area contributed by atoms with Gasteiger partial charge in [0.25, 0.3) is 0 Å². The molecular weight excluding hydrogens is 256 g/mol. The Balaban J connectivity index is 5.41. The van der Waals surface area contributed by atoms with Crippen molar-refractivity contribution >= 4 is 23.5 Å². The zero-order chi connectivity index (χ0) is 14.2. The fourth-order valence-electron chi connectivity index (χ4n) is 1.47. The van der Waals surface area contributed by atoms with Crippen molar-refractivity contribution in [2.45, 2.75) is 26.7 Å². The molecule has 0 radical (unpaired) electrons. The number of esters is 2. The fraction of sp³-hybridized carbons (Fsp3) is 0.538. The quantitative estimate of drug-likeness (QED) is 0.405. The lowest BCUT2D eigenvalue weighted by atomic mass is 9.81. The van der Waals surface area contributed by atoms with Crippen LogP contribution in [-0.4, -0.2) is 25.2 Å². The molecule has 0 spiro atoms. The van der Waals surface area contributed by atoms with Crippen molar-refractivity contribution in [3.63, 3.8) is 0 Å². The first-order valence-corrected chi connectivity index (χ1v) is 5.93. The molecule has 4 nitrogen and oxygen atoms in total. The van der Waals surface area contributed by atoms with Gasteiger partial charge in [-0.25, -0.2) is 0 Å². The van der Waals surface area contributed by atoms with Crippen molar-refractivity contribution in [2.24, 2.45) is 5.41 Å². The summed E-state index contributed by atoms with van der Waals surface area (Å²) < 4.78 is 9.79. The zero-order valence-corrected chi connectivity index (χ0v) is 11.4. The van der Waals surface area contributed by atoms with Crippen LogP contribution in [0.4, 0.5) is 0 Å². The minimum atomic E-state index is -1.60. The summed E-state index contributed by atoms with van der Waals surface area (Å²) in [6, 6.07) is 0. The normalized spacial score (nSPS) is 10.3. The molecule has 18 heavy (non-hydrogen) atoms. The van der Waals surface area contributed by atoms with E-state index in [0.717, 1.165) is 0 Å². The Bertz CT molecular complexity index is 350. The molecule has 0 N–H and O–H groups in total. The van der Waals surface area contributed by atoms with Gasteiger partial charge in [0.2, 0.25) is 0 Å². The van der Waals surface area contributed by atoms with Crippen molar-refractivity contribution in [3.8, 4) is 12.3 Å². The van der Waals surface area contributed by atoms with Crippen LogP contribution in [0.15, 0.2) is 11.6 Å². The van der Waals surface area contributed by atoms with Crippen molar-refractivity contribution in [1.82, 2.24) is 0 Å². The van der Waals surface area contributed by atoms with Crippen LogP contribution in [0.25, 0.3) is 0 Å². The molecule has 0 heterocycles. The molecule has 0 fully saturated rings. The Morgan fingerprint density at radius 1 is 1.28 bits per heavy atom. The van der Waals surface area contributed by atoms with Gasteiger partial charge in [0, 0.05) is 17.9 Å². The largest absolute Gasteiger partial charge is 0.465 e. The molecule has 0 aromatic carbocycles. The highest BCUT2D eigenvalue weighted by Gasteiger charge is 2.48. The number of hydrogen-bond donors (Lipinski definition) is 0. The summed E-state index contributed by atoms with van der Waals surface area (Å²) in [4.78, 5) is 24.0. The molecule has 0 aromatic rings. The number of halogens is 1. The molecule has 0 amide bonds. The molecule has 100 valence electrons. The minimum absolute atomic E-state index is 0.101. The van der Waals surface area contributed by atoms with E-state index in [-0.39, 0.29) is 31.1 Å². The second-order valence-electron chi connectivity index (χ2n) is 3.60. The molecule has 0 aliphatic heterocycles. The van der Waals surface area contributed by atoms with Crippen LogP contribution in [0, 0.1) is 17.8 Å². The maximum Gasteiger partial charge on any atom is 0.324 e. The highest BCUT2D eigenvalue weighted by molar-refractivity contribution is 6.29. The summed E-state index contributed by atoms with van der Waals surface area (Å²) in [5.74, 6) is 0.825. The molecule has 0 unspecified atom stereocenters. The second kappa shape index (κ2) is 7.78. The third-order valence-corrected chi connectivity index (χ3v) is 2.36. The van der Waals surface area contributed by atoms with Crippen LogP contribution in [0.3, 0.4) is 0 Å². The molecule has 0 saturated heterocycles. The molecule has 0 saturated carbocycles. The monoisotopic (exact) mass is 272 g/mol. The lowest BCUT2D eigenvalue weighted by Gasteiger charge is -2.26. The number of carbonyl (C=O) groups excluding carboxylic acids is 2. The van der Waals surface area contributed by atoms with Gasteiger partial charge in [-0.15, -0.1) is 12.3 Å². The van der Waals surface area contributed by atoms with Gasteiger partial charge in [-0.2, -0.15) is 0 Å². The maximum atomic E-state index is 12.0. The number of terminal acetylenes is 1. The van der Waals surface area contributed by atoms with Crippen LogP contribution in [0.1, 0.15) is 26.7 Å². The van der Waals surface area contributed by atoms with Crippen LogP contribution in [0.5, 0.6) is 0 Å². The first-order chi connectivity index (χ1) is 8.44. The summed E-state index contributed by atoms with van der Waals surface area (Å²) in [5.41, 5.74) is -1.60. The van der Waals surface area contributed by atoms with E-state index in [0.29, 0.717) is 0 Å². The third kappa shape index (κ3) is 4.08. The smallest absolute Gasteiger partial charge is 0.324 e. The number of carbonyl (C=O) groups is 2. The zero-order valence-electron chi connectivity index (χ0n) is 10.6. The molecule has 0 atom stereocenters. The SMILES string of the molecule is C#CCC(CC(=C)Cl)(C(=O)OCC)C(=O)OCC. The minimum Gasteiger partial charge on any atom is -0.465 e. The lowest BCUT2D eigenvalue weighted by Crippen LogP contribution is -2.42. The first kappa shape index (κ1) is 16.5. The molecule has 5 heteroatoms. The van der Waals surface area contributed by atoms with E-state index >= 15 is 0 Å². The van der Waals surface area contributed by atoms with Gasteiger partial charge in [-0.05, 0) is 13.8 Å². The Hall–Kier alpha value is -1.47. The summed E-state index contributed by atoms with van der Waals surface area (Å²) in [6.07, 6.45) is 4.98. The lowest BCUT2D eigenvalue weighted by molar-refractivity contribution is -0.171. The summed E-state index contributed by atoms with van der Waals surface area (Å²) in [6.45, 7) is 7.04. The van der Waals surface area contributed by atoms with Crippen molar-refractivity contribution in [1.29, 1.82) is 0 Å². The predicted octanol–water partition coefficient (Wildman–Crippen LogP) is 2.26. The average molecular weight is 273 g/mol. The van der Waals surface area contributed by atoms with E-state index in [4.69, 9.17) is 27.5 Å². The van der Waals surface area contributed by atoms with Crippen LogP contribution >= 0.6 is 11.6 Å². The summed E-state index contributed by atoms with van der Waals surface area (Å²) in [5, 5.41) is 0.145. The van der Waals surface area contributed by atoms with E-state index in [1.165, 1.54) is 0 Å². The number of rotatable bonds is 7. The molecular formula is C13H17ClO4. The van der Waals surface area contributed by atoms with Gasteiger partial charge in [0.15, 0.2) is 5.41 Å². The Morgan fingerprint density at radius 3 is 2.00 bits per heavy atom. The summed E-state index contributed by atoms with van der Waals surface area (Å²) >= 11 is 5.71. The van der Waals surface area contributed by atoms with E-state index in [2.05, 4.69) is 12.5 Å². The molecule has 0 aromatic heterocycles. The van der Waals surface area contributed by atoms with E-state index < -0.39 is 17.4 Å². The molecule has 0 bridgehead atoms. The second-order valence-corrected chi connectivity index (χ2v) is 4.13. The van der Waals surface area contributed by atoms with Gasteiger partial charge >= 0.3 is 11.9 Å². The van der Waals surface area contributed by atoms with Gasteiger partial charge in [0.1, 0.15) is 0 Å². The van der Waals surface area contributed by atoms with Crippen molar-refractivity contribution in [2.75, 3.05) is 13.2 Å². The van der Waals surface area contributed by atoms with Crippen molar-refractivity contribution < 1.29 is 19.1 Å². The van der Waals surface area contributed by atoms with Gasteiger partial charge in [-0.3, -0.25) is 9.59 Å². The topological polar surface area (TPSA) is 52.6 Å². The molecule has 0 aliphatic carbocycles. The van der Waals surface area contributed by atoms with Crippen LogP contribution in [-0.2, 0) is 19.1 Å².